The molecule has 1 aromatic carbocycles. The summed E-state index contributed by atoms with van der Waals surface area (Å²) in [5, 5.41) is 9.30. The number of hydrogen-bond donors (Lipinski definition) is 1. The van der Waals surface area contributed by atoms with Crippen molar-refractivity contribution < 1.29 is 19.0 Å². The van der Waals surface area contributed by atoms with Crippen molar-refractivity contribution in [2.75, 3.05) is 20.3 Å². The summed E-state index contributed by atoms with van der Waals surface area (Å²) in [7, 11) is 1.55. The van der Waals surface area contributed by atoms with Crippen LogP contribution in [0.5, 0.6) is 0 Å². The van der Waals surface area contributed by atoms with Gasteiger partial charge in [-0.15, -0.1) is 0 Å². The highest BCUT2D eigenvalue weighted by molar-refractivity contribution is 6.31. The molecule has 1 heterocycles. The van der Waals surface area contributed by atoms with Crippen molar-refractivity contribution in [1.29, 1.82) is 0 Å². The lowest BCUT2D eigenvalue weighted by atomic mass is 10.1. The van der Waals surface area contributed by atoms with E-state index in [9.17, 15) is 14.3 Å². The minimum absolute atomic E-state index is 0.0427. The summed E-state index contributed by atoms with van der Waals surface area (Å²) < 4.78 is 19.3. The Hall–Kier alpha value is -1.17. The molecule has 1 aromatic rings. The van der Waals surface area contributed by atoms with E-state index in [1.54, 1.807) is 20.1 Å². The van der Waals surface area contributed by atoms with Crippen molar-refractivity contribution in [3.63, 3.8) is 0 Å². The van der Waals surface area contributed by atoms with Gasteiger partial charge in [0.1, 0.15) is 0 Å². The van der Waals surface area contributed by atoms with Crippen LogP contribution in [0.3, 0.4) is 0 Å². The van der Waals surface area contributed by atoms with E-state index < -0.39 is 11.7 Å². The van der Waals surface area contributed by atoms with Crippen LogP contribution in [-0.2, 0) is 4.74 Å². The van der Waals surface area contributed by atoms with Crippen LogP contribution in [0, 0.1) is 12.7 Å². The Bertz CT molecular complexity index is 523. The largest absolute Gasteiger partial charge is 0.394 e. The SMILES string of the molecule is CO[C@@H]1C[C@@H](CO)N(C(=O)c2ccc(C)c(Cl)c2F)C1. The zero-order valence-corrected chi connectivity index (χ0v) is 12.2. The summed E-state index contributed by atoms with van der Waals surface area (Å²) in [5.74, 6) is -1.18. The number of carbonyl (C=O) groups is 1. The number of rotatable bonds is 3. The Labute approximate surface area is 122 Å². The number of amides is 1. The zero-order chi connectivity index (χ0) is 14.9. The number of likely N-dealkylation sites (tertiary alicyclic amines) is 1. The molecule has 1 aliphatic heterocycles. The number of nitrogens with zero attached hydrogens (tertiary/aromatic N) is 1. The Kier molecular flexibility index (Phi) is 4.62. The standard InChI is InChI=1S/C14H17ClFNO3/c1-8-3-4-11(13(16)12(8)15)14(19)17-6-10(20-2)5-9(17)7-18/h3-4,9-10,18H,5-7H2,1-2H3/t9-,10+/m0/s1. The van der Waals surface area contributed by atoms with Gasteiger partial charge < -0.3 is 14.7 Å². The van der Waals surface area contributed by atoms with Crippen LogP contribution >= 0.6 is 11.6 Å². The van der Waals surface area contributed by atoms with Gasteiger partial charge in [0, 0.05) is 13.7 Å². The van der Waals surface area contributed by atoms with Crippen LogP contribution in [0.15, 0.2) is 12.1 Å². The maximum absolute atomic E-state index is 14.1. The van der Waals surface area contributed by atoms with Gasteiger partial charge in [0.25, 0.3) is 5.91 Å². The smallest absolute Gasteiger partial charge is 0.257 e. The second-order valence-electron chi connectivity index (χ2n) is 4.95. The molecule has 1 saturated heterocycles. The number of halogens is 2. The molecule has 2 rings (SSSR count). The van der Waals surface area contributed by atoms with Gasteiger partial charge in [-0.05, 0) is 25.0 Å². The maximum atomic E-state index is 14.1. The number of hydrogen-bond acceptors (Lipinski definition) is 3. The molecule has 0 bridgehead atoms. The second kappa shape index (κ2) is 6.08. The number of methoxy groups -OCH3 is 1. The van der Waals surface area contributed by atoms with Crippen LogP contribution in [-0.4, -0.2) is 48.3 Å². The molecule has 0 radical (unpaired) electrons. The monoisotopic (exact) mass is 301 g/mol. The highest BCUT2D eigenvalue weighted by atomic mass is 35.5. The van der Waals surface area contributed by atoms with Crippen LogP contribution in [0.2, 0.25) is 5.02 Å². The molecule has 2 atom stereocenters. The molecule has 0 spiro atoms. The summed E-state index contributed by atoms with van der Waals surface area (Å²) in [6, 6.07) is 2.68. The first-order chi connectivity index (χ1) is 9.49. The molecule has 20 heavy (non-hydrogen) atoms. The van der Waals surface area contributed by atoms with Crippen molar-refractivity contribution in [2.24, 2.45) is 0 Å². The number of aliphatic hydroxyl groups is 1. The summed E-state index contributed by atoms with van der Waals surface area (Å²) >= 11 is 5.84. The average molecular weight is 302 g/mol. The maximum Gasteiger partial charge on any atom is 0.257 e. The van der Waals surface area contributed by atoms with Gasteiger partial charge in [0.05, 0.1) is 29.3 Å². The Morgan fingerprint density at radius 3 is 2.90 bits per heavy atom. The predicted molar refractivity (Wildman–Crippen MR) is 73.5 cm³/mol. The zero-order valence-electron chi connectivity index (χ0n) is 11.4. The molecule has 4 nitrogen and oxygen atoms in total. The lowest BCUT2D eigenvalue weighted by Crippen LogP contribution is -2.38. The molecule has 0 saturated carbocycles. The van der Waals surface area contributed by atoms with Crippen LogP contribution in [0.1, 0.15) is 22.3 Å². The first-order valence-electron chi connectivity index (χ1n) is 6.38. The fourth-order valence-corrected chi connectivity index (χ4v) is 2.60. The number of carbonyl (C=O) groups excluding carboxylic acids is 1. The van der Waals surface area contributed by atoms with Gasteiger partial charge in [-0.1, -0.05) is 17.7 Å². The van der Waals surface area contributed by atoms with E-state index in [0.717, 1.165) is 0 Å². The third-order valence-corrected chi connectivity index (χ3v) is 4.15. The van der Waals surface area contributed by atoms with E-state index in [1.165, 1.54) is 11.0 Å². The third-order valence-electron chi connectivity index (χ3n) is 3.69. The van der Waals surface area contributed by atoms with Crippen LogP contribution < -0.4 is 0 Å². The van der Waals surface area contributed by atoms with E-state index in [-0.39, 0.29) is 29.3 Å². The molecule has 0 aromatic heterocycles. The van der Waals surface area contributed by atoms with Crippen molar-refractivity contribution in [2.45, 2.75) is 25.5 Å². The fraction of sp³-hybridized carbons (Fsp3) is 0.500. The number of aliphatic hydroxyl groups excluding tert-OH is 1. The Morgan fingerprint density at radius 1 is 1.60 bits per heavy atom. The molecule has 1 amide bonds. The van der Waals surface area contributed by atoms with Gasteiger partial charge in [0.15, 0.2) is 5.82 Å². The quantitative estimate of drug-likeness (QED) is 0.929. The first-order valence-corrected chi connectivity index (χ1v) is 6.76. The summed E-state index contributed by atoms with van der Waals surface area (Å²) in [4.78, 5) is 13.9. The van der Waals surface area contributed by atoms with Crippen LogP contribution in [0.4, 0.5) is 4.39 Å². The van der Waals surface area contributed by atoms with Crippen molar-refractivity contribution in [1.82, 2.24) is 4.90 Å². The van der Waals surface area contributed by atoms with Crippen molar-refractivity contribution in [3.8, 4) is 0 Å². The molecular weight excluding hydrogens is 285 g/mol. The summed E-state index contributed by atoms with van der Waals surface area (Å²) in [5.41, 5.74) is 0.506. The van der Waals surface area contributed by atoms with Crippen molar-refractivity contribution >= 4 is 17.5 Å². The lowest BCUT2D eigenvalue weighted by Gasteiger charge is -2.23. The van der Waals surface area contributed by atoms with Gasteiger partial charge in [-0.25, -0.2) is 4.39 Å². The van der Waals surface area contributed by atoms with Gasteiger partial charge >= 0.3 is 0 Å². The van der Waals surface area contributed by atoms with E-state index >= 15 is 0 Å². The molecule has 0 aliphatic carbocycles. The average Bonchev–Trinajstić information content (AvgIpc) is 2.87. The first kappa shape index (κ1) is 15.2. The Balaban J connectivity index is 2.29. The molecule has 1 aliphatic rings. The van der Waals surface area contributed by atoms with Crippen molar-refractivity contribution in [3.05, 3.63) is 34.1 Å². The van der Waals surface area contributed by atoms with E-state index in [1.807, 2.05) is 0 Å². The van der Waals surface area contributed by atoms with Crippen LogP contribution in [0.25, 0.3) is 0 Å². The minimum atomic E-state index is -0.714. The Morgan fingerprint density at radius 2 is 2.30 bits per heavy atom. The number of ether oxygens (including phenoxy) is 1. The van der Waals surface area contributed by atoms with E-state index in [2.05, 4.69) is 0 Å². The lowest BCUT2D eigenvalue weighted by molar-refractivity contribution is 0.0643. The van der Waals surface area contributed by atoms with E-state index in [0.29, 0.717) is 18.5 Å². The molecule has 110 valence electrons. The number of benzene rings is 1. The summed E-state index contributed by atoms with van der Waals surface area (Å²) in [6.07, 6.45) is 0.403. The second-order valence-corrected chi connectivity index (χ2v) is 5.32. The van der Waals surface area contributed by atoms with Gasteiger partial charge in [-0.2, -0.15) is 0 Å². The van der Waals surface area contributed by atoms with Gasteiger partial charge in [0.2, 0.25) is 0 Å². The fourth-order valence-electron chi connectivity index (χ4n) is 2.43. The topological polar surface area (TPSA) is 49.8 Å². The summed E-state index contributed by atoms with van der Waals surface area (Å²) in [6.45, 7) is 1.84. The minimum Gasteiger partial charge on any atom is -0.394 e. The van der Waals surface area contributed by atoms with Gasteiger partial charge in [-0.3, -0.25) is 4.79 Å². The molecule has 1 fully saturated rings. The highest BCUT2D eigenvalue weighted by Crippen LogP contribution is 2.27. The molecule has 1 N–H and O–H groups in total. The normalized spacial score (nSPS) is 22.4. The highest BCUT2D eigenvalue weighted by Gasteiger charge is 2.36. The number of aryl methyl sites for hydroxylation is 1. The molecule has 0 unspecified atom stereocenters. The van der Waals surface area contributed by atoms with E-state index in [4.69, 9.17) is 16.3 Å². The molecule has 6 heteroatoms. The molecular formula is C14H17ClFNO3. The third kappa shape index (κ3) is 2.66. The predicted octanol–water partition coefficient (Wildman–Crippen LogP) is 2.01.